The fourth-order valence-electron chi connectivity index (χ4n) is 3.56. The van der Waals surface area contributed by atoms with E-state index in [1.54, 1.807) is 53.7 Å². The van der Waals surface area contributed by atoms with Gasteiger partial charge in [0, 0.05) is 47.6 Å². The number of ether oxygens (including phenoxy) is 1. The maximum absolute atomic E-state index is 13.3. The van der Waals surface area contributed by atoms with Crippen LogP contribution in [0.4, 0.5) is 16.2 Å². The Labute approximate surface area is 215 Å². The molecule has 10 heteroatoms. The molecule has 0 saturated carbocycles. The third kappa shape index (κ3) is 6.44. The first kappa shape index (κ1) is 25.7. The molecule has 1 aromatic carbocycles. The number of anilines is 2. The minimum atomic E-state index is -2.12. The van der Waals surface area contributed by atoms with E-state index < -0.39 is 15.6 Å². The summed E-state index contributed by atoms with van der Waals surface area (Å²) in [5.74, 6) is 5.67. The molecule has 4 rings (SSSR count). The van der Waals surface area contributed by atoms with Crippen LogP contribution in [0.3, 0.4) is 0 Å². The topological polar surface area (TPSA) is 101 Å². The molecular formula is C26H30N4O4S2. The maximum Gasteiger partial charge on any atom is 0.323 e. The number of pyridine rings is 1. The van der Waals surface area contributed by atoms with Crippen LogP contribution in [0.25, 0.3) is 0 Å². The molecule has 0 bridgehead atoms. The Bertz CT molecular complexity index is 1330. The van der Waals surface area contributed by atoms with E-state index in [4.69, 9.17) is 4.74 Å². The molecule has 3 aromatic rings. The molecule has 2 aromatic heterocycles. The summed E-state index contributed by atoms with van der Waals surface area (Å²) < 4.78 is 18.0. The molecule has 36 heavy (non-hydrogen) atoms. The van der Waals surface area contributed by atoms with E-state index in [0.29, 0.717) is 52.3 Å². The molecule has 3 amide bonds. The zero-order chi connectivity index (χ0) is 25.9. The van der Waals surface area contributed by atoms with E-state index in [0.717, 1.165) is 4.88 Å². The largest absolute Gasteiger partial charge is 0.457 e. The Morgan fingerprint density at radius 1 is 1.03 bits per heavy atom. The first-order valence-corrected chi connectivity index (χ1v) is 14.4. The summed E-state index contributed by atoms with van der Waals surface area (Å²) in [7, 11) is -2.12. The zero-order valence-corrected chi connectivity index (χ0v) is 22.2. The zero-order valence-electron chi connectivity index (χ0n) is 20.6. The van der Waals surface area contributed by atoms with Crippen molar-refractivity contribution < 1.29 is 18.5 Å². The standard InChI is InChI=1S/C26H30N4O4S2/c1-26(2,3)22-17-21(23(35-22)24(31)30-13-15-36(4,33)16-14-30)29-25(32)28-18-5-7-19(8-6-18)34-20-9-11-27-12-10-20/h5-12,17H,4,13-16H2,1-3H3,(H2,28,29,32). The van der Waals surface area contributed by atoms with Crippen LogP contribution in [-0.2, 0) is 14.9 Å². The number of rotatable bonds is 5. The number of carbonyl (C=O) groups is 2. The average Bonchev–Trinajstić information content (AvgIpc) is 3.25. The summed E-state index contributed by atoms with van der Waals surface area (Å²) in [6.07, 6.45) is 3.29. The van der Waals surface area contributed by atoms with E-state index in [1.165, 1.54) is 11.3 Å². The second kappa shape index (κ2) is 10.3. The van der Waals surface area contributed by atoms with Crippen molar-refractivity contribution in [3.05, 3.63) is 64.6 Å². The van der Waals surface area contributed by atoms with Crippen molar-refractivity contribution in [3.8, 4) is 11.5 Å². The summed E-state index contributed by atoms with van der Waals surface area (Å²) in [6.45, 7) is 6.97. The number of hydrogen-bond donors (Lipinski definition) is 2. The second-order valence-electron chi connectivity index (χ2n) is 9.66. The fourth-order valence-corrected chi connectivity index (χ4v) is 6.01. The number of urea groups is 1. The molecule has 2 N–H and O–H groups in total. The Hall–Kier alpha value is -3.37. The number of nitrogens with zero attached hydrogens (tertiary/aromatic N) is 2. The van der Waals surface area contributed by atoms with Crippen molar-refractivity contribution in [2.75, 3.05) is 35.2 Å². The molecule has 190 valence electrons. The van der Waals surface area contributed by atoms with E-state index in [-0.39, 0.29) is 11.3 Å². The lowest BCUT2D eigenvalue weighted by Gasteiger charge is -2.28. The van der Waals surface area contributed by atoms with E-state index in [2.05, 4.69) is 42.3 Å². The van der Waals surface area contributed by atoms with Gasteiger partial charge >= 0.3 is 6.03 Å². The van der Waals surface area contributed by atoms with Crippen LogP contribution in [0.5, 0.6) is 11.5 Å². The molecule has 0 radical (unpaired) electrons. The lowest BCUT2D eigenvalue weighted by Crippen LogP contribution is -2.43. The minimum Gasteiger partial charge on any atom is -0.457 e. The molecule has 8 nitrogen and oxygen atoms in total. The van der Waals surface area contributed by atoms with Crippen molar-refractivity contribution >= 4 is 50.0 Å². The molecule has 3 heterocycles. The van der Waals surface area contributed by atoms with Crippen LogP contribution in [0.2, 0.25) is 0 Å². The highest BCUT2D eigenvalue weighted by atomic mass is 32.2. The van der Waals surface area contributed by atoms with Crippen LogP contribution < -0.4 is 15.4 Å². The molecule has 0 spiro atoms. The number of amides is 3. The number of benzene rings is 1. The average molecular weight is 527 g/mol. The van der Waals surface area contributed by atoms with Crippen molar-refractivity contribution in [1.82, 2.24) is 9.88 Å². The maximum atomic E-state index is 13.3. The first-order valence-electron chi connectivity index (χ1n) is 11.5. The number of hydrogen-bond acceptors (Lipinski definition) is 6. The summed E-state index contributed by atoms with van der Waals surface area (Å²) in [5.41, 5.74) is 0.852. The van der Waals surface area contributed by atoms with Crippen molar-refractivity contribution in [2.45, 2.75) is 26.2 Å². The monoisotopic (exact) mass is 526 g/mol. The van der Waals surface area contributed by atoms with Gasteiger partial charge in [-0.05, 0) is 63.3 Å². The smallest absolute Gasteiger partial charge is 0.323 e. The van der Waals surface area contributed by atoms with E-state index in [1.807, 2.05) is 6.07 Å². The van der Waals surface area contributed by atoms with Gasteiger partial charge in [-0.2, -0.15) is 0 Å². The first-order chi connectivity index (χ1) is 17.0. The molecule has 1 aliphatic heterocycles. The van der Waals surface area contributed by atoms with Gasteiger partial charge in [-0.1, -0.05) is 20.8 Å². The summed E-state index contributed by atoms with van der Waals surface area (Å²) in [6, 6.07) is 11.9. The molecule has 1 aliphatic rings. The van der Waals surface area contributed by atoms with Crippen molar-refractivity contribution in [2.24, 2.45) is 0 Å². The quantitative estimate of drug-likeness (QED) is 0.453. The Morgan fingerprint density at radius 3 is 2.25 bits per heavy atom. The van der Waals surface area contributed by atoms with Gasteiger partial charge in [0.1, 0.15) is 16.4 Å². The van der Waals surface area contributed by atoms with Crippen LogP contribution in [0.1, 0.15) is 35.3 Å². The molecule has 0 unspecified atom stereocenters. The van der Waals surface area contributed by atoms with Crippen LogP contribution in [0.15, 0.2) is 54.9 Å². The Kier molecular flexibility index (Phi) is 7.37. The molecular weight excluding hydrogens is 496 g/mol. The van der Waals surface area contributed by atoms with Gasteiger partial charge in [-0.25, -0.2) is 4.79 Å². The predicted octanol–water partition coefficient (Wildman–Crippen LogP) is 5.05. The lowest BCUT2D eigenvalue weighted by atomic mass is 9.94. The number of carbonyl (C=O) groups excluding carboxylic acids is 2. The van der Waals surface area contributed by atoms with Gasteiger partial charge in [-0.3, -0.25) is 14.0 Å². The Balaban J connectivity index is 1.46. The van der Waals surface area contributed by atoms with E-state index in [9.17, 15) is 13.8 Å². The van der Waals surface area contributed by atoms with Gasteiger partial charge in [-0.15, -0.1) is 11.3 Å². The van der Waals surface area contributed by atoms with Crippen LogP contribution in [0, 0.1) is 0 Å². The van der Waals surface area contributed by atoms with Crippen LogP contribution in [-0.4, -0.2) is 56.5 Å². The summed E-state index contributed by atoms with van der Waals surface area (Å²) in [4.78, 5) is 33.3. The van der Waals surface area contributed by atoms with Crippen molar-refractivity contribution in [1.29, 1.82) is 0 Å². The van der Waals surface area contributed by atoms with Gasteiger partial charge in [0.15, 0.2) is 0 Å². The van der Waals surface area contributed by atoms with Gasteiger partial charge < -0.3 is 20.3 Å². The van der Waals surface area contributed by atoms with Crippen molar-refractivity contribution in [3.63, 3.8) is 0 Å². The predicted molar refractivity (Wildman–Crippen MR) is 147 cm³/mol. The summed E-state index contributed by atoms with van der Waals surface area (Å²) >= 11 is 1.38. The van der Waals surface area contributed by atoms with Gasteiger partial charge in [0.2, 0.25) is 0 Å². The second-order valence-corrected chi connectivity index (χ2v) is 13.5. The number of aromatic nitrogens is 1. The third-order valence-electron chi connectivity index (χ3n) is 5.66. The molecule has 1 saturated heterocycles. The van der Waals surface area contributed by atoms with Crippen LogP contribution >= 0.6 is 11.3 Å². The highest BCUT2D eigenvalue weighted by Crippen LogP contribution is 2.36. The highest BCUT2D eigenvalue weighted by Gasteiger charge is 2.29. The molecule has 0 aliphatic carbocycles. The number of nitrogens with one attached hydrogen (secondary N) is 2. The SMILES string of the molecule is C=S1(=O)CCN(C(=O)c2sc(C(C)(C)C)cc2NC(=O)Nc2ccc(Oc3ccncc3)cc2)CC1. The fraction of sp³-hybridized carbons (Fsp3) is 0.308. The lowest BCUT2D eigenvalue weighted by molar-refractivity contribution is 0.0777. The third-order valence-corrected chi connectivity index (χ3v) is 9.07. The summed E-state index contributed by atoms with van der Waals surface area (Å²) in [5, 5.41) is 5.65. The Morgan fingerprint density at radius 2 is 1.64 bits per heavy atom. The normalized spacial score (nSPS) is 15.2. The molecule has 0 atom stereocenters. The number of thiophene rings is 1. The minimum absolute atomic E-state index is 0.168. The molecule has 1 fully saturated rings. The van der Waals surface area contributed by atoms with Gasteiger partial charge in [0.25, 0.3) is 5.91 Å². The highest BCUT2D eigenvalue weighted by molar-refractivity contribution is 8.00. The van der Waals surface area contributed by atoms with E-state index >= 15 is 0 Å². The van der Waals surface area contributed by atoms with Gasteiger partial charge in [0.05, 0.1) is 5.69 Å².